The molecule has 4 heteroatoms. The molecule has 0 aromatic rings. The Morgan fingerprint density at radius 1 is 0.833 bits per heavy atom. The third-order valence-corrected chi connectivity index (χ3v) is 3.67. The molecule has 0 aromatic carbocycles. The Kier molecular flexibility index (Phi) is 3.93. The van der Waals surface area contributed by atoms with Gasteiger partial charge in [0.15, 0.2) is 11.8 Å². The predicted octanol–water partition coefficient (Wildman–Crippen LogP) is 2.53. The largest absolute Gasteiger partial charge is 0.478 e. The van der Waals surface area contributed by atoms with Gasteiger partial charge in [-0.15, -0.1) is 0 Å². The molecular weight excluding hydrogens is 228 g/mol. The van der Waals surface area contributed by atoms with Gasteiger partial charge in [0.2, 0.25) is 0 Å². The van der Waals surface area contributed by atoms with Crippen LogP contribution in [0.1, 0.15) is 34.6 Å². The molecule has 0 bridgehead atoms. The fourth-order valence-corrected chi connectivity index (χ4v) is 2.08. The number of rotatable bonds is 4. The molecule has 3 atom stereocenters. The summed E-state index contributed by atoms with van der Waals surface area (Å²) in [6.45, 7) is 12.1. The van der Waals surface area contributed by atoms with E-state index >= 15 is 0 Å². The maximum Gasteiger partial charge on any atom is 0.196 e. The van der Waals surface area contributed by atoms with Crippen LogP contribution in [0.3, 0.4) is 0 Å². The van der Waals surface area contributed by atoms with E-state index in [1.165, 1.54) is 0 Å². The van der Waals surface area contributed by atoms with Gasteiger partial charge in [-0.05, 0) is 18.8 Å². The number of ether oxygens (including phenoxy) is 2. The molecule has 0 N–H and O–H groups in total. The van der Waals surface area contributed by atoms with Gasteiger partial charge >= 0.3 is 0 Å². The average molecular weight is 252 g/mol. The summed E-state index contributed by atoms with van der Waals surface area (Å²) in [5.41, 5.74) is 0. The van der Waals surface area contributed by atoms with Crippen LogP contribution >= 0.6 is 0 Å². The smallest absolute Gasteiger partial charge is 0.196 e. The molecule has 0 radical (unpaired) electrons. The number of hydrogen-bond donors (Lipinski definition) is 0. The van der Waals surface area contributed by atoms with Crippen LogP contribution in [0.5, 0.6) is 0 Å². The van der Waals surface area contributed by atoms with Gasteiger partial charge < -0.3 is 9.47 Å². The van der Waals surface area contributed by atoms with E-state index in [0.29, 0.717) is 25.0 Å². The molecular formula is C14H24N2O2. The lowest BCUT2D eigenvalue weighted by atomic mass is 10.1. The summed E-state index contributed by atoms with van der Waals surface area (Å²) < 4.78 is 11.4. The minimum absolute atomic E-state index is 0.0532. The van der Waals surface area contributed by atoms with Crippen LogP contribution in [-0.2, 0) is 9.47 Å². The molecule has 0 fully saturated rings. The highest BCUT2D eigenvalue weighted by Crippen LogP contribution is 2.22. The van der Waals surface area contributed by atoms with Crippen LogP contribution in [0, 0.1) is 17.8 Å². The van der Waals surface area contributed by atoms with Crippen molar-refractivity contribution in [1.82, 2.24) is 0 Å². The Balaban J connectivity index is 2.03. The van der Waals surface area contributed by atoms with E-state index in [4.69, 9.17) is 9.47 Å². The zero-order valence-corrected chi connectivity index (χ0v) is 12.0. The Hall–Kier alpha value is -1.06. The molecule has 0 aromatic heterocycles. The van der Waals surface area contributed by atoms with Crippen molar-refractivity contribution in [2.24, 2.45) is 27.7 Å². The standard InChI is InChI=1S/C14H24N2O2/c1-8(2)11-6-17-13(15-11)10(5)14-16-12(7-18-14)9(3)4/h8-12H,6-7H2,1-5H3/t10-,11-,12?/m1/s1. The fourth-order valence-electron chi connectivity index (χ4n) is 2.08. The first-order valence-corrected chi connectivity index (χ1v) is 6.90. The Bertz CT molecular complexity index is 327. The zero-order chi connectivity index (χ0) is 13.3. The third-order valence-electron chi connectivity index (χ3n) is 3.67. The van der Waals surface area contributed by atoms with E-state index in [9.17, 15) is 0 Å². The van der Waals surface area contributed by atoms with E-state index in [1.54, 1.807) is 0 Å². The number of nitrogens with zero attached hydrogens (tertiary/aromatic N) is 2. The molecule has 0 saturated carbocycles. The number of hydrogen-bond acceptors (Lipinski definition) is 4. The second-order valence-electron chi connectivity index (χ2n) is 5.90. The van der Waals surface area contributed by atoms with Gasteiger partial charge in [0, 0.05) is 0 Å². The van der Waals surface area contributed by atoms with Gasteiger partial charge in [0.05, 0.1) is 12.1 Å². The van der Waals surface area contributed by atoms with Gasteiger partial charge in [-0.3, -0.25) is 0 Å². The van der Waals surface area contributed by atoms with E-state index in [0.717, 1.165) is 11.8 Å². The maximum atomic E-state index is 5.69. The summed E-state index contributed by atoms with van der Waals surface area (Å²) in [5, 5.41) is 0. The molecule has 2 rings (SSSR count). The van der Waals surface area contributed by atoms with Crippen molar-refractivity contribution < 1.29 is 9.47 Å². The van der Waals surface area contributed by atoms with Crippen LogP contribution in [0.25, 0.3) is 0 Å². The lowest BCUT2D eigenvalue weighted by Gasteiger charge is -2.10. The van der Waals surface area contributed by atoms with Gasteiger partial charge in [-0.1, -0.05) is 27.7 Å². The molecule has 2 aliphatic rings. The second kappa shape index (κ2) is 5.29. The maximum absolute atomic E-state index is 5.69. The van der Waals surface area contributed by atoms with E-state index in [2.05, 4.69) is 44.6 Å². The molecule has 2 heterocycles. The van der Waals surface area contributed by atoms with Gasteiger partial charge in [-0.25, -0.2) is 9.98 Å². The first kappa shape index (κ1) is 13.4. The summed E-state index contributed by atoms with van der Waals surface area (Å²) in [7, 11) is 0. The molecule has 0 aliphatic carbocycles. The second-order valence-corrected chi connectivity index (χ2v) is 5.90. The van der Waals surface area contributed by atoms with Gasteiger partial charge in [0.1, 0.15) is 19.1 Å². The van der Waals surface area contributed by atoms with Crippen LogP contribution in [0.15, 0.2) is 9.98 Å². The van der Waals surface area contributed by atoms with Crippen LogP contribution in [0.2, 0.25) is 0 Å². The van der Waals surface area contributed by atoms with Crippen molar-refractivity contribution in [3.05, 3.63) is 0 Å². The highest BCUT2D eigenvalue weighted by atomic mass is 16.5. The number of aliphatic imine (C=N–C) groups is 2. The highest BCUT2D eigenvalue weighted by Gasteiger charge is 2.32. The Morgan fingerprint density at radius 3 is 1.50 bits per heavy atom. The first-order valence-electron chi connectivity index (χ1n) is 6.90. The SMILES string of the molecule is CC(C)C1COC([C@H](C)C2=N[C@@H](C(C)C)CO2)=N1. The molecule has 102 valence electrons. The first-order chi connectivity index (χ1) is 8.49. The Morgan fingerprint density at radius 2 is 1.22 bits per heavy atom. The molecule has 18 heavy (non-hydrogen) atoms. The monoisotopic (exact) mass is 252 g/mol. The third kappa shape index (κ3) is 2.68. The minimum Gasteiger partial charge on any atom is -0.478 e. The molecule has 1 unspecified atom stereocenters. The minimum atomic E-state index is 0.0532. The van der Waals surface area contributed by atoms with Crippen LogP contribution in [0.4, 0.5) is 0 Å². The van der Waals surface area contributed by atoms with Crippen LogP contribution in [-0.4, -0.2) is 37.1 Å². The van der Waals surface area contributed by atoms with Crippen molar-refractivity contribution in [2.75, 3.05) is 13.2 Å². The summed E-state index contributed by atoms with van der Waals surface area (Å²) >= 11 is 0. The molecule has 4 nitrogen and oxygen atoms in total. The fraction of sp³-hybridized carbons (Fsp3) is 0.857. The zero-order valence-electron chi connectivity index (χ0n) is 12.0. The van der Waals surface area contributed by atoms with E-state index < -0.39 is 0 Å². The van der Waals surface area contributed by atoms with Gasteiger partial charge in [0.25, 0.3) is 0 Å². The van der Waals surface area contributed by atoms with Crippen molar-refractivity contribution in [1.29, 1.82) is 0 Å². The van der Waals surface area contributed by atoms with Crippen molar-refractivity contribution in [2.45, 2.75) is 46.7 Å². The molecule has 2 aliphatic heterocycles. The van der Waals surface area contributed by atoms with Crippen LogP contribution < -0.4 is 0 Å². The Labute approximate surface area is 109 Å². The lowest BCUT2D eigenvalue weighted by molar-refractivity contribution is 0.267. The summed E-state index contributed by atoms with van der Waals surface area (Å²) in [4.78, 5) is 9.27. The highest BCUT2D eigenvalue weighted by molar-refractivity contribution is 6.01. The van der Waals surface area contributed by atoms with Crippen molar-refractivity contribution in [3.63, 3.8) is 0 Å². The molecule has 0 spiro atoms. The topological polar surface area (TPSA) is 43.2 Å². The molecule has 0 amide bonds. The van der Waals surface area contributed by atoms with Crippen molar-refractivity contribution >= 4 is 11.8 Å². The normalized spacial score (nSPS) is 29.1. The van der Waals surface area contributed by atoms with Gasteiger partial charge in [-0.2, -0.15) is 0 Å². The summed E-state index contributed by atoms with van der Waals surface area (Å²) in [6, 6.07) is 0.565. The summed E-state index contributed by atoms with van der Waals surface area (Å²) in [5.74, 6) is 2.67. The van der Waals surface area contributed by atoms with E-state index in [-0.39, 0.29) is 18.0 Å². The predicted molar refractivity (Wildman–Crippen MR) is 73.2 cm³/mol. The van der Waals surface area contributed by atoms with Crippen molar-refractivity contribution in [3.8, 4) is 0 Å². The lowest BCUT2D eigenvalue weighted by Crippen LogP contribution is -2.21. The quantitative estimate of drug-likeness (QED) is 0.771. The van der Waals surface area contributed by atoms with E-state index in [1.807, 2.05) is 0 Å². The molecule has 0 saturated heterocycles. The summed E-state index contributed by atoms with van der Waals surface area (Å²) in [6.07, 6.45) is 0. The average Bonchev–Trinajstić information content (AvgIpc) is 2.97.